The summed E-state index contributed by atoms with van der Waals surface area (Å²) in [5, 5.41) is 17.0. The van der Waals surface area contributed by atoms with Crippen molar-refractivity contribution in [2.24, 2.45) is 0 Å². The number of aliphatic hydroxyl groups is 1. The largest absolute Gasteiger partial charge is 0.430 e. The lowest BCUT2D eigenvalue weighted by Crippen LogP contribution is -2.54. The number of nitrogens with zero attached hydrogens (tertiary/aromatic N) is 1. The number of hydrogen-bond acceptors (Lipinski definition) is 5. The van der Waals surface area contributed by atoms with Crippen molar-refractivity contribution in [1.82, 2.24) is 16.0 Å². The van der Waals surface area contributed by atoms with Gasteiger partial charge in [-0.05, 0) is 48.7 Å². The lowest BCUT2D eigenvalue weighted by Gasteiger charge is -2.39. The van der Waals surface area contributed by atoms with Crippen LogP contribution >= 0.6 is 0 Å². The van der Waals surface area contributed by atoms with Crippen LogP contribution in [0.15, 0.2) is 47.4 Å². The number of urea groups is 1. The van der Waals surface area contributed by atoms with Crippen LogP contribution < -0.4 is 20.3 Å². The van der Waals surface area contributed by atoms with Gasteiger partial charge in [-0.2, -0.15) is 26.3 Å². The molecule has 9 nitrogen and oxygen atoms in total. The van der Waals surface area contributed by atoms with E-state index in [1.165, 1.54) is 0 Å². The topological polar surface area (TPSA) is 128 Å². The number of carbonyl (C=O) groups is 2. The minimum absolute atomic E-state index is 0.0418. The van der Waals surface area contributed by atoms with Gasteiger partial charge in [0.05, 0.1) is 16.6 Å². The Bertz CT molecular complexity index is 1400. The molecule has 0 spiro atoms. The highest BCUT2D eigenvalue weighted by molar-refractivity contribution is 7.92. The first-order valence-electron chi connectivity index (χ1n) is 11.6. The summed E-state index contributed by atoms with van der Waals surface area (Å²) >= 11 is 0. The molecule has 218 valence electrons. The van der Waals surface area contributed by atoms with Crippen LogP contribution in [0.25, 0.3) is 0 Å². The van der Waals surface area contributed by atoms with E-state index in [-0.39, 0.29) is 37.2 Å². The van der Waals surface area contributed by atoms with Gasteiger partial charge in [0.2, 0.25) is 5.91 Å². The highest BCUT2D eigenvalue weighted by Crippen LogP contribution is 2.51. The fourth-order valence-electron chi connectivity index (χ4n) is 4.54. The number of aryl methyl sites for hydroxylation is 1. The first-order chi connectivity index (χ1) is 18.5. The zero-order valence-corrected chi connectivity index (χ0v) is 20.9. The summed E-state index contributed by atoms with van der Waals surface area (Å²) in [6.07, 6.45) is -12.7. The van der Waals surface area contributed by atoms with Crippen LogP contribution in [0, 0.1) is 5.82 Å². The normalized spacial score (nSPS) is 20.0. The Morgan fingerprint density at radius 1 is 1.05 bits per heavy atom. The number of nitrogens with one attached hydrogen (secondary N) is 3. The van der Waals surface area contributed by atoms with Crippen molar-refractivity contribution in [1.29, 1.82) is 0 Å². The van der Waals surface area contributed by atoms with Gasteiger partial charge in [0, 0.05) is 18.7 Å². The third kappa shape index (κ3) is 5.14. The summed E-state index contributed by atoms with van der Waals surface area (Å²) in [4.78, 5) is 23.3. The van der Waals surface area contributed by atoms with Gasteiger partial charge in [0.15, 0.2) is 0 Å². The van der Waals surface area contributed by atoms with E-state index in [0.717, 1.165) is 28.6 Å². The lowest BCUT2D eigenvalue weighted by atomic mass is 9.88. The number of alkyl halides is 6. The Kier molecular flexibility index (Phi) is 7.42. The first kappa shape index (κ1) is 29.4. The molecule has 0 bridgehead atoms. The Morgan fingerprint density at radius 2 is 1.68 bits per heavy atom. The first-order valence-corrected chi connectivity index (χ1v) is 13.0. The molecule has 17 heteroatoms. The van der Waals surface area contributed by atoms with Gasteiger partial charge in [-0.3, -0.25) is 9.10 Å². The van der Waals surface area contributed by atoms with Crippen LogP contribution in [0.1, 0.15) is 17.5 Å². The van der Waals surface area contributed by atoms with Crippen LogP contribution in [0.5, 0.6) is 0 Å². The smallest absolute Gasteiger partial charge is 0.369 e. The molecular weight excluding hydrogens is 577 g/mol. The number of benzene rings is 2. The Labute approximate surface area is 222 Å². The van der Waals surface area contributed by atoms with Crippen molar-refractivity contribution >= 4 is 27.6 Å². The molecule has 1 unspecified atom stereocenters. The maximum absolute atomic E-state index is 13.6. The molecule has 0 aliphatic carbocycles. The summed E-state index contributed by atoms with van der Waals surface area (Å²) < 4.78 is 122. The third-order valence-corrected chi connectivity index (χ3v) is 8.49. The number of hydrogen-bond donors (Lipinski definition) is 4. The maximum atomic E-state index is 13.6. The van der Waals surface area contributed by atoms with Crippen LogP contribution in [-0.2, 0) is 26.8 Å². The minimum atomic E-state index is -6.15. The van der Waals surface area contributed by atoms with E-state index >= 15 is 0 Å². The monoisotopic (exact) mass is 598 g/mol. The van der Waals surface area contributed by atoms with Crippen molar-refractivity contribution < 1.29 is 53.8 Å². The molecule has 2 aromatic carbocycles. The van der Waals surface area contributed by atoms with E-state index < -0.39 is 68.3 Å². The lowest BCUT2D eigenvalue weighted by molar-refractivity contribution is -0.376. The van der Waals surface area contributed by atoms with Crippen LogP contribution in [0.4, 0.5) is 41.2 Å². The van der Waals surface area contributed by atoms with Gasteiger partial charge >= 0.3 is 18.4 Å². The summed E-state index contributed by atoms with van der Waals surface area (Å²) in [5.41, 5.74) is -7.31. The van der Waals surface area contributed by atoms with Crippen molar-refractivity contribution in [2.45, 2.75) is 47.8 Å². The highest BCUT2D eigenvalue weighted by Gasteiger charge is 2.71. The molecule has 0 radical (unpaired) electrons. The quantitative estimate of drug-likeness (QED) is 0.380. The van der Waals surface area contributed by atoms with Crippen molar-refractivity contribution in [3.63, 3.8) is 0 Å². The summed E-state index contributed by atoms with van der Waals surface area (Å²) in [6, 6.07) is 2.39. The van der Waals surface area contributed by atoms with E-state index in [4.69, 9.17) is 0 Å². The number of fused-ring (bicyclic) bond motifs is 1. The average molecular weight is 598 g/mol. The number of carbonyl (C=O) groups excluding carboxylic acids is 2. The second kappa shape index (κ2) is 10.1. The van der Waals surface area contributed by atoms with Crippen LogP contribution in [0.2, 0.25) is 0 Å². The Hall–Kier alpha value is -3.60. The van der Waals surface area contributed by atoms with E-state index in [1.807, 2.05) is 0 Å². The molecule has 2 atom stereocenters. The summed E-state index contributed by atoms with van der Waals surface area (Å²) in [7, 11) is -4.60. The van der Waals surface area contributed by atoms with E-state index in [9.17, 15) is 53.8 Å². The van der Waals surface area contributed by atoms with Gasteiger partial charge in [-0.15, -0.1) is 0 Å². The van der Waals surface area contributed by atoms with Crippen molar-refractivity contribution in [3.8, 4) is 0 Å². The molecule has 2 heterocycles. The van der Waals surface area contributed by atoms with E-state index in [2.05, 4.69) is 16.0 Å². The number of amides is 3. The fraction of sp³-hybridized carbons (Fsp3) is 0.391. The molecule has 3 amide bonds. The van der Waals surface area contributed by atoms with Crippen LogP contribution in [-0.4, -0.2) is 63.0 Å². The zero-order chi connectivity index (χ0) is 29.7. The molecule has 0 aromatic heterocycles. The average Bonchev–Trinajstić information content (AvgIpc) is 3.31. The molecule has 0 saturated carbocycles. The van der Waals surface area contributed by atoms with Gasteiger partial charge in [0.1, 0.15) is 11.9 Å². The number of rotatable bonds is 6. The maximum Gasteiger partial charge on any atom is 0.430 e. The number of anilines is 1. The highest BCUT2D eigenvalue weighted by atomic mass is 32.2. The molecule has 1 saturated heterocycles. The zero-order valence-electron chi connectivity index (χ0n) is 20.1. The summed E-state index contributed by atoms with van der Waals surface area (Å²) in [6.45, 7) is -0.387. The number of sulfonamides is 1. The summed E-state index contributed by atoms with van der Waals surface area (Å²) in [5.74, 6) is -1.43. The predicted octanol–water partition coefficient (Wildman–Crippen LogP) is 2.45. The molecule has 2 aliphatic heterocycles. The van der Waals surface area contributed by atoms with Crippen LogP contribution in [0.3, 0.4) is 0 Å². The molecule has 4 N–H and O–H groups in total. The molecular formula is C23H21F7N4O5S. The molecule has 4 rings (SSSR count). The minimum Gasteiger partial charge on any atom is -0.369 e. The standard InChI is InChI=1S/C23H21F7N4O5S/c24-14-3-6-16(7-4-14)40(38,39)34-15(10-31-19(35)17-11-32-20(36)33-17)5-1-12-9-13(2-8-18(12)34)21(37,22(25,26)27)23(28,29)30/h2-4,6-9,15,17,37H,1,5,10-11H2,(H,31,35)(H2,32,33,36)/t15-,17?/m0/s1. The Balaban J connectivity index is 1.75. The number of halogens is 7. The van der Waals surface area contributed by atoms with E-state index in [0.29, 0.717) is 18.2 Å². The molecule has 2 aliphatic rings. The van der Waals surface area contributed by atoms with Gasteiger partial charge in [0.25, 0.3) is 15.6 Å². The third-order valence-electron chi connectivity index (χ3n) is 6.60. The van der Waals surface area contributed by atoms with Gasteiger partial charge < -0.3 is 21.1 Å². The second-order valence-corrected chi connectivity index (χ2v) is 11.0. The van der Waals surface area contributed by atoms with E-state index in [1.54, 1.807) is 0 Å². The molecule has 2 aromatic rings. The fourth-order valence-corrected chi connectivity index (χ4v) is 6.25. The molecule has 40 heavy (non-hydrogen) atoms. The SMILES string of the molecule is O=C1NCC(C(=O)NC[C@@H]2CCc3cc(C(O)(C(F)(F)F)C(F)(F)F)ccc3N2S(=O)(=O)c2ccc(F)cc2)N1. The van der Waals surface area contributed by atoms with Crippen molar-refractivity contribution in [2.75, 3.05) is 17.4 Å². The molecule has 1 fully saturated rings. The second-order valence-electron chi connectivity index (χ2n) is 9.15. The van der Waals surface area contributed by atoms with Gasteiger partial charge in [-0.25, -0.2) is 17.6 Å². The Morgan fingerprint density at radius 3 is 2.23 bits per heavy atom. The predicted molar refractivity (Wildman–Crippen MR) is 124 cm³/mol. The van der Waals surface area contributed by atoms with Gasteiger partial charge in [-0.1, -0.05) is 12.1 Å². The van der Waals surface area contributed by atoms with Crippen molar-refractivity contribution in [3.05, 3.63) is 59.4 Å².